The summed E-state index contributed by atoms with van der Waals surface area (Å²) < 4.78 is 23.5. The summed E-state index contributed by atoms with van der Waals surface area (Å²) in [5.41, 5.74) is -0.243. The van der Waals surface area contributed by atoms with Gasteiger partial charge in [-0.1, -0.05) is 34.7 Å². The SMILES string of the molecule is CSc1nnc(NC(=O)c2nc(S(C)(=O)=O)ncc2Cl)s1. The van der Waals surface area contributed by atoms with Crippen LogP contribution in [0.25, 0.3) is 0 Å². The number of aromatic nitrogens is 4. The zero-order chi connectivity index (χ0) is 15.6. The highest BCUT2D eigenvalue weighted by Gasteiger charge is 2.20. The average molecular weight is 366 g/mol. The van der Waals surface area contributed by atoms with Gasteiger partial charge in [0.25, 0.3) is 5.91 Å². The zero-order valence-corrected chi connectivity index (χ0v) is 13.9. The quantitative estimate of drug-likeness (QED) is 0.490. The largest absolute Gasteiger partial charge is 0.295 e. The lowest BCUT2D eigenvalue weighted by atomic mass is 10.4. The standard InChI is InChI=1S/C9H8ClN5O3S3/c1-19-9-15-14-7(20-9)13-6(16)5-4(10)3-11-8(12-5)21(2,17)18/h3H,1-2H3,(H,13,14,16). The summed E-state index contributed by atoms with van der Waals surface area (Å²) >= 11 is 8.38. The van der Waals surface area contributed by atoms with Crippen LogP contribution in [0, 0.1) is 0 Å². The van der Waals surface area contributed by atoms with Crippen LogP contribution >= 0.6 is 34.7 Å². The van der Waals surface area contributed by atoms with E-state index in [1.54, 1.807) is 0 Å². The predicted molar refractivity (Wildman–Crippen MR) is 79.8 cm³/mol. The number of carbonyl (C=O) groups excluding carboxylic acids is 1. The van der Waals surface area contributed by atoms with Gasteiger partial charge in [-0.15, -0.1) is 10.2 Å². The third-order valence-electron chi connectivity index (χ3n) is 2.07. The molecule has 0 aliphatic heterocycles. The van der Waals surface area contributed by atoms with E-state index in [0.29, 0.717) is 4.34 Å². The first-order valence-electron chi connectivity index (χ1n) is 5.22. The van der Waals surface area contributed by atoms with E-state index in [9.17, 15) is 13.2 Å². The molecule has 0 unspecified atom stereocenters. The van der Waals surface area contributed by atoms with E-state index >= 15 is 0 Å². The van der Waals surface area contributed by atoms with Gasteiger partial charge >= 0.3 is 0 Å². The summed E-state index contributed by atoms with van der Waals surface area (Å²) in [4.78, 5) is 19.3. The maximum absolute atomic E-state index is 12.1. The van der Waals surface area contributed by atoms with Crippen molar-refractivity contribution >= 4 is 55.6 Å². The summed E-state index contributed by atoms with van der Waals surface area (Å²) in [7, 11) is -3.64. The summed E-state index contributed by atoms with van der Waals surface area (Å²) in [6.07, 6.45) is 3.83. The van der Waals surface area contributed by atoms with Crippen LogP contribution in [0.1, 0.15) is 10.5 Å². The van der Waals surface area contributed by atoms with E-state index in [1.165, 1.54) is 23.1 Å². The normalized spacial score (nSPS) is 11.4. The maximum Gasteiger partial charge on any atom is 0.277 e. The molecular weight excluding hydrogens is 358 g/mol. The van der Waals surface area contributed by atoms with E-state index in [-0.39, 0.29) is 15.8 Å². The Morgan fingerprint density at radius 2 is 2.14 bits per heavy atom. The molecule has 0 saturated carbocycles. The fourth-order valence-corrected chi connectivity index (χ4v) is 3.03. The van der Waals surface area contributed by atoms with Gasteiger partial charge in [0, 0.05) is 6.26 Å². The van der Waals surface area contributed by atoms with Crippen LogP contribution in [0.15, 0.2) is 15.7 Å². The first-order chi connectivity index (χ1) is 9.81. The van der Waals surface area contributed by atoms with E-state index in [2.05, 4.69) is 25.5 Å². The first-order valence-corrected chi connectivity index (χ1v) is 9.53. The molecule has 0 aromatic carbocycles. The number of halogens is 1. The molecule has 0 fully saturated rings. The molecule has 21 heavy (non-hydrogen) atoms. The average Bonchev–Trinajstić information content (AvgIpc) is 2.85. The van der Waals surface area contributed by atoms with Crippen molar-refractivity contribution in [2.45, 2.75) is 9.50 Å². The molecule has 2 rings (SSSR count). The topological polar surface area (TPSA) is 115 Å². The lowest BCUT2D eigenvalue weighted by molar-refractivity contribution is 0.102. The van der Waals surface area contributed by atoms with Gasteiger partial charge in [0.2, 0.25) is 20.1 Å². The molecule has 0 aliphatic rings. The number of rotatable bonds is 4. The molecule has 12 heteroatoms. The minimum absolute atomic E-state index is 0.0606. The minimum atomic E-state index is -3.64. The second-order valence-electron chi connectivity index (χ2n) is 3.65. The van der Waals surface area contributed by atoms with Gasteiger partial charge in [-0.2, -0.15) is 0 Å². The Kier molecular flexibility index (Phi) is 4.76. The van der Waals surface area contributed by atoms with E-state index < -0.39 is 20.9 Å². The number of thioether (sulfide) groups is 1. The van der Waals surface area contributed by atoms with Crippen molar-refractivity contribution in [3.05, 3.63) is 16.9 Å². The molecule has 0 aliphatic carbocycles. The number of sulfone groups is 1. The fraction of sp³-hybridized carbons (Fsp3) is 0.222. The molecule has 2 aromatic heterocycles. The van der Waals surface area contributed by atoms with Crippen LogP contribution in [-0.4, -0.2) is 47.0 Å². The molecular formula is C9H8ClN5O3S3. The number of nitrogens with zero attached hydrogens (tertiary/aromatic N) is 4. The Morgan fingerprint density at radius 1 is 1.43 bits per heavy atom. The summed E-state index contributed by atoms with van der Waals surface area (Å²) in [5.74, 6) is -0.684. The number of hydrogen-bond acceptors (Lipinski definition) is 9. The van der Waals surface area contributed by atoms with Crippen LogP contribution in [0.3, 0.4) is 0 Å². The molecule has 0 saturated heterocycles. The molecule has 0 radical (unpaired) electrons. The van der Waals surface area contributed by atoms with Gasteiger partial charge in [0.05, 0.1) is 11.2 Å². The van der Waals surface area contributed by atoms with Crippen LogP contribution in [-0.2, 0) is 9.84 Å². The minimum Gasteiger partial charge on any atom is -0.295 e. The summed E-state index contributed by atoms with van der Waals surface area (Å²) in [6.45, 7) is 0. The van der Waals surface area contributed by atoms with Gasteiger partial charge in [0.1, 0.15) is 0 Å². The lowest BCUT2D eigenvalue weighted by Gasteiger charge is -2.04. The number of nitrogens with one attached hydrogen (secondary N) is 1. The Labute approximate surface area is 133 Å². The third kappa shape index (κ3) is 3.87. The van der Waals surface area contributed by atoms with Crippen LogP contribution in [0.4, 0.5) is 5.13 Å². The van der Waals surface area contributed by atoms with E-state index in [0.717, 1.165) is 12.5 Å². The third-order valence-corrected chi connectivity index (χ3v) is 5.02. The molecule has 1 N–H and O–H groups in total. The van der Waals surface area contributed by atoms with E-state index in [1.807, 2.05) is 6.26 Å². The maximum atomic E-state index is 12.1. The number of amides is 1. The van der Waals surface area contributed by atoms with E-state index in [4.69, 9.17) is 11.6 Å². The highest BCUT2D eigenvalue weighted by molar-refractivity contribution is 8.00. The van der Waals surface area contributed by atoms with Crippen LogP contribution in [0.5, 0.6) is 0 Å². The van der Waals surface area contributed by atoms with Crippen molar-refractivity contribution in [1.82, 2.24) is 20.2 Å². The van der Waals surface area contributed by atoms with Crippen molar-refractivity contribution in [3.8, 4) is 0 Å². The van der Waals surface area contributed by atoms with Crippen molar-refractivity contribution in [2.75, 3.05) is 17.8 Å². The molecule has 2 aromatic rings. The Morgan fingerprint density at radius 3 is 2.71 bits per heavy atom. The lowest BCUT2D eigenvalue weighted by Crippen LogP contribution is -2.17. The molecule has 0 bridgehead atoms. The molecule has 2 heterocycles. The van der Waals surface area contributed by atoms with Crippen molar-refractivity contribution < 1.29 is 13.2 Å². The van der Waals surface area contributed by atoms with Crippen molar-refractivity contribution in [3.63, 3.8) is 0 Å². The number of carbonyl (C=O) groups is 1. The zero-order valence-electron chi connectivity index (χ0n) is 10.7. The highest BCUT2D eigenvalue weighted by atomic mass is 35.5. The molecule has 112 valence electrons. The van der Waals surface area contributed by atoms with Crippen LogP contribution < -0.4 is 5.32 Å². The van der Waals surface area contributed by atoms with Gasteiger partial charge in [0.15, 0.2) is 10.0 Å². The second-order valence-corrected chi connectivity index (χ2v) is 8.00. The van der Waals surface area contributed by atoms with Gasteiger partial charge < -0.3 is 0 Å². The number of hydrogen-bond donors (Lipinski definition) is 1. The molecule has 0 atom stereocenters. The Bertz CT molecular complexity index is 792. The van der Waals surface area contributed by atoms with Crippen molar-refractivity contribution in [1.29, 1.82) is 0 Å². The predicted octanol–water partition coefficient (Wildman–Crippen LogP) is 1.36. The molecule has 0 spiro atoms. The summed E-state index contributed by atoms with van der Waals surface area (Å²) in [5, 5.41) is 9.77. The smallest absolute Gasteiger partial charge is 0.277 e. The molecule has 8 nitrogen and oxygen atoms in total. The summed E-state index contributed by atoms with van der Waals surface area (Å²) in [6, 6.07) is 0. The van der Waals surface area contributed by atoms with Gasteiger partial charge in [-0.3, -0.25) is 10.1 Å². The first kappa shape index (κ1) is 16.1. The highest BCUT2D eigenvalue weighted by Crippen LogP contribution is 2.24. The Hall–Kier alpha value is -1.30. The van der Waals surface area contributed by atoms with Crippen molar-refractivity contribution in [2.24, 2.45) is 0 Å². The number of anilines is 1. The molecule has 1 amide bonds. The van der Waals surface area contributed by atoms with Gasteiger partial charge in [-0.05, 0) is 6.26 Å². The van der Waals surface area contributed by atoms with Crippen LogP contribution in [0.2, 0.25) is 5.02 Å². The fourth-order valence-electron chi connectivity index (χ4n) is 1.19. The monoisotopic (exact) mass is 365 g/mol. The second kappa shape index (κ2) is 6.22. The Balaban J connectivity index is 2.30. The van der Waals surface area contributed by atoms with Gasteiger partial charge in [-0.25, -0.2) is 18.4 Å².